The van der Waals surface area contributed by atoms with Gasteiger partial charge in [0.2, 0.25) is 0 Å². The van der Waals surface area contributed by atoms with E-state index in [0.29, 0.717) is 12.1 Å². The monoisotopic (exact) mass is 295 g/mol. The molecule has 1 aliphatic heterocycles. The summed E-state index contributed by atoms with van der Waals surface area (Å²) in [6.07, 6.45) is 3.64. The van der Waals surface area contributed by atoms with Crippen LogP contribution in [0.1, 0.15) is 42.7 Å². The highest BCUT2D eigenvalue weighted by molar-refractivity contribution is 7.10. The number of hydrogen-bond acceptors (Lipinski definition) is 4. The minimum absolute atomic E-state index is 0.232. The maximum absolute atomic E-state index is 6.50. The lowest BCUT2D eigenvalue weighted by atomic mass is 9.99. The lowest BCUT2D eigenvalue weighted by molar-refractivity contribution is 0.134. The molecule has 2 heterocycles. The van der Waals surface area contributed by atoms with Crippen molar-refractivity contribution in [3.05, 3.63) is 21.9 Å². The van der Waals surface area contributed by atoms with Crippen LogP contribution in [0.2, 0.25) is 0 Å². The topological polar surface area (TPSA) is 32.5 Å². The number of likely N-dealkylation sites (N-methyl/N-ethyl adjacent to an activating group) is 1. The van der Waals surface area contributed by atoms with E-state index >= 15 is 0 Å². The number of thiophene rings is 1. The molecular formula is C16H29N3S. The quantitative estimate of drug-likeness (QED) is 0.876. The van der Waals surface area contributed by atoms with E-state index < -0.39 is 0 Å². The van der Waals surface area contributed by atoms with Gasteiger partial charge in [0.05, 0.1) is 6.04 Å². The Morgan fingerprint density at radius 1 is 1.50 bits per heavy atom. The van der Waals surface area contributed by atoms with Crippen molar-refractivity contribution < 1.29 is 0 Å². The minimum Gasteiger partial charge on any atom is -0.326 e. The number of likely N-dealkylation sites (tertiary alicyclic amines) is 1. The van der Waals surface area contributed by atoms with Gasteiger partial charge in [0, 0.05) is 23.5 Å². The summed E-state index contributed by atoms with van der Waals surface area (Å²) < 4.78 is 0. The predicted molar refractivity (Wildman–Crippen MR) is 88.3 cm³/mol. The molecule has 0 spiro atoms. The second kappa shape index (κ2) is 7.03. The molecule has 0 amide bonds. The van der Waals surface area contributed by atoms with Crippen molar-refractivity contribution in [3.8, 4) is 0 Å². The summed E-state index contributed by atoms with van der Waals surface area (Å²) in [5, 5.41) is 2.21. The fraction of sp³-hybridized carbons (Fsp3) is 0.750. The highest BCUT2D eigenvalue weighted by Gasteiger charge is 2.35. The maximum atomic E-state index is 6.50. The molecule has 4 heteroatoms. The third kappa shape index (κ3) is 3.42. The summed E-state index contributed by atoms with van der Waals surface area (Å²) in [5.74, 6) is 0. The van der Waals surface area contributed by atoms with Crippen LogP contribution in [-0.2, 0) is 0 Å². The van der Waals surface area contributed by atoms with E-state index in [4.69, 9.17) is 5.73 Å². The Kier molecular flexibility index (Phi) is 5.61. The van der Waals surface area contributed by atoms with E-state index in [1.807, 2.05) is 11.3 Å². The zero-order valence-electron chi connectivity index (χ0n) is 13.3. The smallest absolute Gasteiger partial charge is 0.0598 e. The molecule has 1 saturated heterocycles. The van der Waals surface area contributed by atoms with Gasteiger partial charge in [-0.2, -0.15) is 0 Å². The van der Waals surface area contributed by atoms with Crippen molar-refractivity contribution in [3.63, 3.8) is 0 Å². The molecule has 20 heavy (non-hydrogen) atoms. The summed E-state index contributed by atoms with van der Waals surface area (Å²) in [6, 6.07) is 3.50. The Morgan fingerprint density at radius 3 is 2.80 bits per heavy atom. The van der Waals surface area contributed by atoms with Crippen LogP contribution in [0.5, 0.6) is 0 Å². The number of aryl methyl sites for hydroxylation is 1. The molecule has 3 atom stereocenters. The molecule has 114 valence electrons. The van der Waals surface area contributed by atoms with E-state index in [0.717, 1.165) is 13.0 Å². The molecule has 1 aromatic rings. The van der Waals surface area contributed by atoms with Crippen molar-refractivity contribution in [1.82, 2.24) is 9.80 Å². The molecule has 0 bridgehead atoms. The van der Waals surface area contributed by atoms with Gasteiger partial charge in [-0.3, -0.25) is 4.90 Å². The van der Waals surface area contributed by atoms with Crippen LogP contribution in [0.25, 0.3) is 0 Å². The summed E-state index contributed by atoms with van der Waals surface area (Å²) in [7, 11) is 4.34. The first kappa shape index (κ1) is 16.0. The van der Waals surface area contributed by atoms with Crippen LogP contribution < -0.4 is 5.73 Å². The first-order valence-corrected chi connectivity index (χ1v) is 8.62. The maximum Gasteiger partial charge on any atom is 0.0598 e. The normalized spacial score (nSPS) is 23.4. The molecule has 1 aromatic heterocycles. The van der Waals surface area contributed by atoms with Crippen molar-refractivity contribution in [2.24, 2.45) is 5.73 Å². The third-order valence-corrected chi connectivity index (χ3v) is 5.49. The summed E-state index contributed by atoms with van der Waals surface area (Å²) in [6.45, 7) is 6.75. The molecule has 0 aliphatic carbocycles. The van der Waals surface area contributed by atoms with Crippen molar-refractivity contribution >= 4 is 11.3 Å². The molecule has 3 unspecified atom stereocenters. The SMILES string of the molecule is CCC(N)C(c1sccc1C)N1CCCC1CN(C)C. The van der Waals surface area contributed by atoms with Crippen LogP contribution in [0.3, 0.4) is 0 Å². The Morgan fingerprint density at radius 2 is 2.25 bits per heavy atom. The molecule has 1 fully saturated rings. The van der Waals surface area contributed by atoms with E-state index in [1.165, 1.54) is 29.8 Å². The number of rotatable bonds is 6. The Hall–Kier alpha value is -0.420. The van der Waals surface area contributed by atoms with E-state index in [2.05, 4.69) is 49.2 Å². The average molecular weight is 295 g/mol. The van der Waals surface area contributed by atoms with Crippen molar-refractivity contribution in [2.75, 3.05) is 27.2 Å². The fourth-order valence-electron chi connectivity index (χ4n) is 3.34. The summed E-state index contributed by atoms with van der Waals surface area (Å²) in [4.78, 5) is 6.45. The van der Waals surface area contributed by atoms with Crippen LogP contribution in [0.4, 0.5) is 0 Å². The molecule has 0 aromatic carbocycles. The molecule has 0 radical (unpaired) electrons. The van der Waals surface area contributed by atoms with Crippen LogP contribution in [0.15, 0.2) is 11.4 Å². The number of hydrogen-bond donors (Lipinski definition) is 1. The van der Waals surface area contributed by atoms with Gasteiger partial charge in [0.15, 0.2) is 0 Å². The summed E-state index contributed by atoms with van der Waals surface area (Å²) in [5.41, 5.74) is 7.90. The van der Waals surface area contributed by atoms with Gasteiger partial charge in [-0.05, 0) is 63.8 Å². The highest BCUT2D eigenvalue weighted by Crippen LogP contribution is 2.36. The molecule has 2 rings (SSSR count). The van der Waals surface area contributed by atoms with Crippen molar-refractivity contribution in [2.45, 2.75) is 51.2 Å². The van der Waals surface area contributed by atoms with E-state index in [-0.39, 0.29) is 6.04 Å². The zero-order chi connectivity index (χ0) is 14.7. The Bertz CT molecular complexity index is 416. The van der Waals surface area contributed by atoms with Gasteiger partial charge in [-0.25, -0.2) is 0 Å². The largest absolute Gasteiger partial charge is 0.326 e. The second-order valence-electron chi connectivity index (χ2n) is 6.28. The van der Waals surface area contributed by atoms with Crippen LogP contribution in [-0.4, -0.2) is 49.1 Å². The predicted octanol–water partition coefficient (Wildman–Crippen LogP) is 2.86. The molecular weight excluding hydrogens is 266 g/mol. The van der Waals surface area contributed by atoms with Gasteiger partial charge < -0.3 is 10.6 Å². The lowest BCUT2D eigenvalue weighted by Gasteiger charge is -2.37. The first-order chi connectivity index (χ1) is 9.54. The van der Waals surface area contributed by atoms with Crippen LogP contribution in [0, 0.1) is 6.92 Å². The van der Waals surface area contributed by atoms with E-state index in [1.54, 1.807) is 0 Å². The molecule has 3 nitrogen and oxygen atoms in total. The lowest BCUT2D eigenvalue weighted by Crippen LogP contribution is -2.46. The molecule has 0 saturated carbocycles. The zero-order valence-corrected chi connectivity index (χ0v) is 14.1. The molecule has 1 aliphatic rings. The average Bonchev–Trinajstić information content (AvgIpc) is 3.00. The third-order valence-electron chi connectivity index (χ3n) is 4.40. The van der Waals surface area contributed by atoms with Gasteiger partial charge in [-0.1, -0.05) is 6.92 Å². The van der Waals surface area contributed by atoms with E-state index in [9.17, 15) is 0 Å². The highest BCUT2D eigenvalue weighted by atomic mass is 32.1. The Balaban J connectivity index is 2.24. The first-order valence-electron chi connectivity index (χ1n) is 7.74. The van der Waals surface area contributed by atoms with Gasteiger partial charge in [0.1, 0.15) is 0 Å². The number of nitrogens with two attached hydrogens (primary N) is 1. The van der Waals surface area contributed by atoms with Gasteiger partial charge in [0.25, 0.3) is 0 Å². The fourth-order valence-corrected chi connectivity index (χ4v) is 4.47. The Labute approximate surface area is 127 Å². The standard InChI is InChI=1S/C16H29N3S/c1-5-14(17)15(16-12(2)8-10-20-16)19-9-6-7-13(19)11-18(3)4/h8,10,13-15H,5-7,9,11,17H2,1-4H3. The molecule has 2 N–H and O–H groups in total. The summed E-state index contributed by atoms with van der Waals surface area (Å²) >= 11 is 1.87. The van der Waals surface area contributed by atoms with Crippen molar-refractivity contribution in [1.29, 1.82) is 0 Å². The second-order valence-corrected chi connectivity index (χ2v) is 7.23. The van der Waals surface area contributed by atoms with Gasteiger partial charge >= 0.3 is 0 Å². The van der Waals surface area contributed by atoms with Crippen LogP contribution >= 0.6 is 11.3 Å². The number of nitrogens with zero attached hydrogens (tertiary/aromatic N) is 2. The van der Waals surface area contributed by atoms with Gasteiger partial charge in [-0.15, -0.1) is 11.3 Å². The minimum atomic E-state index is 0.232.